The van der Waals surface area contributed by atoms with Crippen molar-refractivity contribution in [3.8, 4) is 0 Å². The summed E-state index contributed by atoms with van der Waals surface area (Å²) in [6.45, 7) is 3.76. The Morgan fingerprint density at radius 2 is 1.30 bits per heavy atom. The molecule has 0 atom stereocenters. The summed E-state index contributed by atoms with van der Waals surface area (Å²) < 4.78 is 9.91. The lowest BCUT2D eigenvalue weighted by Crippen LogP contribution is -2.44. The lowest BCUT2D eigenvalue weighted by Gasteiger charge is -2.35. The topological polar surface area (TPSA) is 18.5 Å². The van der Waals surface area contributed by atoms with Crippen LogP contribution in [0.4, 0.5) is 0 Å². The van der Waals surface area contributed by atoms with Gasteiger partial charge in [-0.2, -0.15) is 0 Å². The first kappa shape index (κ1) is 10.9. The Labute approximate surface area is 78.5 Å². The Balaban J connectivity index is 4.33. The van der Waals surface area contributed by atoms with E-state index in [9.17, 15) is 0 Å². The van der Waals surface area contributed by atoms with Gasteiger partial charge in [0.2, 0.25) is 0 Å². The predicted molar refractivity (Wildman–Crippen MR) is 48.7 cm³/mol. The smallest absolute Gasteiger partial charge is 0.189 e. The molecule has 0 heterocycles. The number of hydrogen-bond acceptors (Lipinski definition) is 2. The quantitative estimate of drug-likeness (QED) is 0.582. The zero-order chi connectivity index (χ0) is 8.41. The van der Waals surface area contributed by atoms with Gasteiger partial charge in [0.25, 0.3) is 0 Å². The van der Waals surface area contributed by atoms with Crippen LogP contribution in [0.25, 0.3) is 0 Å². The maximum atomic E-state index is 5.14. The molecule has 62 valence electrons. The van der Waals surface area contributed by atoms with E-state index in [4.69, 9.17) is 9.47 Å². The van der Waals surface area contributed by atoms with Gasteiger partial charge in [-0.15, -0.1) is 0 Å². The molecular formula is C6H12Br2O2. The molecule has 0 aromatic rings. The average molecular weight is 276 g/mol. The molecule has 0 aliphatic rings. The van der Waals surface area contributed by atoms with Gasteiger partial charge in [0.05, 0.1) is 0 Å². The summed E-state index contributed by atoms with van der Waals surface area (Å²) in [5.74, 6) is -0.646. The van der Waals surface area contributed by atoms with Crippen LogP contribution >= 0.6 is 31.9 Å². The van der Waals surface area contributed by atoms with E-state index in [1.54, 1.807) is 14.2 Å². The molecule has 0 N–H and O–H groups in total. The van der Waals surface area contributed by atoms with Gasteiger partial charge in [-0.05, 0) is 13.8 Å². The van der Waals surface area contributed by atoms with Crippen molar-refractivity contribution >= 4 is 31.9 Å². The fourth-order valence-electron chi connectivity index (χ4n) is 0.442. The standard InChI is InChI=1S/C6H12Br2O2/c1-5(7,8)6(2,9-3)10-4/h1-4H3. The molecule has 0 fully saturated rings. The zero-order valence-electron chi connectivity index (χ0n) is 6.57. The van der Waals surface area contributed by atoms with Crippen molar-refractivity contribution in [1.29, 1.82) is 0 Å². The number of rotatable bonds is 3. The first-order valence-electron chi connectivity index (χ1n) is 2.85. The number of methoxy groups -OCH3 is 2. The van der Waals surface area contributed by atoms with Gasteiger partial charge in [0, 0.05) is 14.2 Å². The Morgan fingerprint density at radius 1 is 1.00 bits per heavy atom. The molecule has 0 unspecified atom stereocenters. The Kier molecular flexibility index (Phi) is 3.83. The van der Waals surface area contributed by atoms with E-state index in [0.29, 0.717) is 0 Å². The van der Waals surface area contributed by atoms with Crippen molar-refractivity contribution in [3.63, 3.8) is 0 Å². The molecule has 0 aromatic carbocycles. The van der Waals surface area contributed by atoms with Crippen LogP contribution in [0.3, 0.4) is 0 Å². The van der Waals surface area contributed by atoms with Gasteiger partial charge in [-0.1, -0.05) is 31.9 Å². The van der Waals surface area contributed by atoms with Gasteiger partial charge in [0.1, 0.15) is 3.23 Å². The fourth-order valence-corrected chi connectivity index (χ4v) is 1.09. The summed E-state index contributed by atoms with van der Waals surface area (Å²) in [5.41, 5.74) is 0. The molecule has 0 bridgehead atoms. The predicted octanol–water partition coefficient (Wildman–Crippen LogP) is 2.50. The van der Waals surface area contributed by atoms with Crippen LogP contribution in [0.1, 0.15) is 13.8 Å². The summed E-state index contributed by atoms with van der Waals surface area (Å²) in [7, 11) is 3.20. The molecule has 2 nitrogen and oxygen atoms in total. The maximum absolute atomic E-state index is 5.14. The van der Waals surface area contributed by atoms with E-state index >= 15 is 0 Å². The Morgan fingerprint density at radius 3 is 1.30 bits per heavy atom. The molecule has 10 heavy (non-hydrogen) atoms. The first-order chi connectivity index (χ1) is 4.37. The molecule has 0 radical (unpaired) electrons. The van der Waals surface area contributed by atoms with Crippen molar-refractivity contribution in [2.24, 2.45) is 0 Å². The van der Waals surface area contributed by atoms with Crippen molar-refractivity contribution in [2.75, 3.05) is 14.2 Å². The largest absolute Gasteiger partial charge is 0.351 e. The van der Waals surface area contributed by atoms with E-state index in [0.717, 1.165) is 0 Å². The normalized spacial score (nSPS) is 13.8. The highest BCUT2D eigenvalue weighted by atomic mass is 79.9. The SMILES string of the molecule is COC(C)(OC)C(C)(Br)Br. The van der Waals surface area contributed by atoms with E-state index in [1.165, 1.54) is 0 Å². The van der Waals surface area contributed by atoms with Crippen LogP contribution < -0.4 is 0 Å². The van der Waals surface area contributed by atoms with E-state index in [-0.39, 0.29) is 3.23 Å². The lowest BCUT2D eigenvalue weighted by molar-refractivity contribution is -0.193. The molecule has 0 aliphatic carbocycles. The van der Waals surface area contributed by atoms with Crippen molar-refractivity contribution in [1.82, 2.24) is 0 Å². The van der Waals surface area contributed by atoms with Crippen LogP contribution in [0.2, 0.25) is 0 Å². The number of alkyl halides is 2. The zero-order valence-corrected chi connectivity index (χ0v) is 9.74. The van der Waals surface area contributed by atoms with Crippen LogP contribution in [0.15, 0.2) is 0 Å². The lowest BCUT2D eigenvalue weighted by atomic mass is 10.2. The number of halogens is 2. The molecule has 0 spiro atoms. The Hall–Kier alpha value is 0.880. The van der Waals surface area contributed by atoms with E-state index in [2.05, 4.69) is 31.9 Å². The summed E-state index contributed by atoms with van der Waals surface area (Å²) in [6.07, 6.45) is 0. The van der Waals surface area contributed by atoms with Gasteiger partial charge >= 0.3 is 0 Å². The van der Waals surface area contributed by atoms with Gasteiger partial charge in [0.15, 0.2) is 5.79 Å². The summed E-state index contributed by atoms with van der Waals surface area (Å²) >= 11 is 6.78. The monoisotopic (exact) mass is 274 g/mol. The van der Waals surface area contributed by atoms with Crippen molar-refractivity contribution in [3.05, 3.63) is 0 Å². The third-order valence-corrected chi connectivity index (χ3v) is 3.02. The first-order valence-corrected chi connectivity index (χ1v) is 4.44. The highest BCUT2D eigenvalue weighted by Gasteiger charge is 2.41. The van der Waals surface area contributed by atoms with Gasteiger partial charge in [-0.25, -0.2) is 0 Å². The van der Waals surface area contributed by atoms with Crippen LogP contribution in [-0.2, 0) is 9.47 Å². The fraction of sp³-hybridized carbons (Fsp3) is 1.00. The molecule has 0 saturated heterocycles. The number of hydrogen-bond donors (Lipinski definition) is 0. The second-order valence-electron chi connectivity index (χ2n) is 2.24. The van der Waals surface area contributed by atoms with Crippen LogP contribution in [-0.4, -0.2) is 23.2 Å². The molecular weight excluding hydrogens is 264 g/mol. The molecule has 0 saturated carbocycles. The van der Waals surface area contributed by atoms with E-state index in [1.807, 2.05) is 13.8 Å². The van der Waals surface area contributed by atoms with Crippen LogP contribution in [0.5, 0.6) is 0 Å². The summed E-state index contributed by atoms with van der Waals surface area (Å²) in [6, 6.07) is 0. The summed E-state index contributed by atoms with van der Waals surface area (Å²) in [4.78, 5) is 0. The minimum atomic E-state index is -0.646. The minimum Gasteiger partial charge on any atom is -0.351 e. The van der Waals surface area contributed by atoms with Crippen molar-refractivity contribution < 1.29 is 9.47 Å². The minimum absolute atomic E-state index is 0.365. The van der Waals surface area contributed by atoms with Crippen LogP contribution in [0, 0.1) is 0 Å². The molecule has 0 amide bonds. The Bertz CT molecular complexity index is 105. The molecule has 4 heteroatoms. The molecule has 0 rings (SSSR count). The highest BCUT2D eigenvalue weighted by molar-refractivity contribution is 9.25. The van der Waals surface area contributed by atoms with Gasteiger partial charge in [-0.3, -0.25) is 0 Å². The number of ether oxygens (including phenoxy) is 2. The second kappa shape index (κ2) is 3.52. The van der Waals surface area contributed by atoms with E-state index < -0.39 is 5.79 Å². The van der Waals surface area contributed by atoms with Crippen molar-refractivity contribution in [2.45, 2.75) is 22.9 Å². The second-order valence-corrected chi connectivity index (χ2v) is 6.48. The molecule has 0 aliphatic heterocycles. The maximum Gasteiger partial charge on any atom is 0.189 e. The molecule has 0 aromatic heterocycles. The van der Waals surface area contributed by atoms with Gasteiger partial charge < -0.3 is 9.47 Å². The highest BCUT2D eigenvalue weighted by Crippen LogP contribution is 2.39. The average Bonchev–Trinajstić information content (AvgIpc) is 1.84. The third-order valence-electron chi connectivity index (χ3n) is 1.58. The summed E-state index contributed by atoms with van der Waals surface area (Å²) in [5, 5.41) is 0. The third kappa shape index (κ3) is 2.19.